The van der Waals surface area contributed by atoms with E-state index in [-0.39, 0.29) is 22.2 Å². The number of amides is 1. The second-order valence-corrected chi connectivity index (χ2v) is 8.82. The maximum atomic E-state index is 13.7. The van der Waals surface area contributed by atoms with Gasteiger partial charge in [0, 0.05) is 10.6 Å². The van der Waals surface area contributed by atoms with Crippen LogP contribution < -0.4 is 4.90 Å². The summed E-state index contributed by atoms with van der Waals surface area (Å²) in [6.07, 6.45) is 0. The summed E-state index contributed by atoms with van der Waals surface area (Å²) in [7, 11) is 0. The first-order valence-electron chi connectivity index (χ1n) is 9.75. The van der Waals surface area contributed by atoms with E-state index in [2.05, 4.69) is 4.98 Å². The van der Waals surface area contributed by atoms with E-state index in [0.717, 1.165) is 11.3 Å². The fourth-order valence-corrected chi connectivity index (χ4v) is 4.94. The van der Waals surface area contributed by atoms with Crippen LogP contribution in [0.3, 0.4) is 0 Å². The van der Waals surface area contributed by atoms with Gasteiger partial charge in [0.05, 0.1) is 21.8 Å². The summed E-state index contributed by atoms with van der Waals surface area (Å²) >= 11 is 6.98. The molecule has 1 atom stereocenters. The summed E-state index contributed by atoms with van der Waals surface area (Å²) in [6.45, 7) is 0. The second-order valence-electron chi connectivity index (χ2n) is 7.38. The van der Waals surface area contributed by atoms with Gasteiger partial charge in [0.15, 0.2) is 5.13 Å². The molecule has 0 aliphatic carbocycles. The van der Waals surface area contributed by atoms with E-state index in [9.17, 15) is 24.2 Å². The highest BCUT2D eigenvalue weighted by atomic mass is 35.5. The number of anilines is 1. The smallest absolute Gasteiger partial charge is 0.301 e. The lowest BCUT2D eigenvalue weighted by Gasteiger charge is -2.23. The van der Waals surface area contributed by atoms with Crippen molar-refractivity contribution < 1.29 is 24.2 Å². The molecule has 1 aromatic heterocycles. The molecule has 1 aliphatic rings. The summed E-state index contributed by atoms with van der Waals surface area (Å²) in [4.78, 5) is 31.9. The second kappa shape index (κ2) is 7.99. The molecule has 0 radical (unpaired) electrons. The number of ketones is 1. The Balaban J connectivity index is 1.74. The Hall–Kier alpha value is -3.75. The molecule has 164 valence electrons. The number of hydrogen-bond donors (Lipinski definition) is 2. The lowest BCUT2D eigenvalue weighted by atomic mass is 9.95. The third-order valence-corrected chi connectivity index (χ3v) is 6.56. The van der Waals surface area contributed by atoms with E-state index in [0.29, 0.717) is 26.4 Å². The Kier molecular flexibility index (Phi) is 5.11. The van der Waals surface area contributed by atoms with Gasteiger partial charge >= 0.3 is 5.91 Å². The van der Waals surface area contributed by atoms with Gasteiger partial charge in [-0.1, -0.05) is 35.1 Å². The molecule has 2 heterocycles. The summed E-state index contributed by atoms with van der Waals surface area (Å²) in [5.41, 5.74) is 1.01. The summed E-state index contributed by atoms with van der Waals surface area (Å²) in [5, 5.41) is 21.7. The number of phenols is 1. The number of Topliss-reactive ketones (excluding diaryl/α,β-unsaturated/α-hetero) is 1. The van der Waals surface area contributed by atoms with Crippen molar-refractivity contribution in [3.05, 3.63) is 94.3 Å². The number of aliphatic hydroxyl groups excluding tert-OH is 1. The number of aliphatic hydroxyl groups is 1. The van der Waals surface area contributed by atoms with E-state index in [1.54, 1.807) is 24.3 Å². The molecule has 2 N–H and O–H groups in total. The summed E-state index contributed by atoms with van der Waals surface area (Å²) in [5.74, 6) is -2.70. The molecule has 1 saturated heterocycles. The number of aromatic hydroxyl groups is 1. The van der Waals surface area contributed by atoms with Crippen molar-refractivity contribution in [1.29, 1.82) is 0 Å². The van der Waals surface area contributed by atoms with Gasteiger partial charge in [-0.3, -0.25) is 14.5 Å². The lowest BCUT2D eigenvalue weighted by molar-refractivity contribution is -0.132. The number of carbonyl (C=O) groups excluding carboxylic acids is 2. The Morgan fingerprint density at radius 2 is 1.82 bits per heavy atom. The quantitative estimate of drug-likeness (QED) is 0.232. The van der Waals surface area contributed by atoms with Crippen LogP contribution in [0.5, 0.6) is 5.75 Å². The molecule has 0 spiro atoms. The van der Waals surface area contributed by atoms with E-state index >= 15 is 0 Å². The first-order chi connectivity index (χ1) is 15.8. The molecule has 4 aromatic rings. The minimum Gasteiger partial charge on any atom is -0.508 e. The zero-order valence-electron chi connectivity index (χ0n) is 16.7. The van der Waals surface area contributed by atoms with Crippen molar-refractivity contribution in [3.63, 3.8) is 0 Å². The fraction of sp³-hybridized carbons (Fsp3) is 0.0417. The van der Waals surface area contributed by atoms with E-state index in [1.807, 2.05) is 0 Å². The monoisotopic (exact) mass is 480 g/mol. The van der Waals surface area contributed by atoms with E-state index < -0.39 is 23.5 Å². The topological polar surface area (TPSA) is 90.7 Å². The Morgan fingerprint density at radius 1 is 1.06 bits per heavy atom. The van der Waals surface area contributed by atoms with Gasteiger partial charge in [-0.2, -0.15) is 0 Å². The van der Waals surface area contributed by atoms with Crippen molar-refractivity contribution in [1.82, 2.24) is 4.98 Å². The van der Waals surface area contributed by atoms with E-state index in [1.165, 1.54) is 47.4 Å². The molecule has 5 rings (SSSR count). The summed E-state index contributed by atoms with van der Waals surface area (Å²) < 4.78 is 14.2. The maximum absolute atomic E-state index is 13.7. The highest BCUT2D eigenvalue weighted by Gasteiger charge is 2.48. The molecule has 33 heavy (non-hydrogen) atoms. The molecule has 6 nitrogen and oxygen atoms in total. The molecule has 0 saturated carbocycles. The van der Waals surface area contributed by atoms with Crippen LogP contribution in [0.25, 0.3) is 16.0 Å². The van der Waals surface area contributed by atoms with Crippen molar-refractivity contribution in [2.24, 2.45) is 0 Å². The zero-order chi connectivity index (χ0) is 23.3. The number of hydrogen-bond acceptors (Lipinski definition) is 6. The van der Waals surface area contributed by atoms with Crippen LogP contribution >= 0.6 is 22.9 Å². The zero-order valence-corrected chi connectivity index (χ0v) is 18.3. The molecule has 3 aromatic carbocycles. The fourth-order valence-electron chi connectivity index (χ4n) is 3.79. The number of phenolic OH excluding ortho intramolecular Hbond substituents is 1. The highest BCUT2D eigenvalue weighted by Crippen LogP contribution is 2.44. The Labute approximate surface area is 195 Å². The first-order valence-corrected chi connectivity index (χ1v) is 10.9. The van der Waals surface area contributed by atoms with Crippen molar-refractivity contribution in [2.75, 3.05) is 4.90 Å². The third-order valence-electron chi connectivity index (χ3n) is 5.29. The SMILES string of the molecule is O=C1C(=O)N(c2nc3ccc(F)cc3s2)C(c2cccc(O)c2)C1=C(O)c1ccc(Cl)cc1. The van der Waals surface area contributed by atoms with Crippen LogP contribution in [-0.4, -0.2) is 26.9 Å². The lowest BCUT2D eigenvalue weighted by Crippen LogP contribution is -2.29. The maximum Gasteiger partial charge on any atom is 0.301 e. The van der Waals surface area contributed by atoms with Crippen molar-refractivity contribution in [2.45, 2.75) is 6.04 Å². The predicted octanol–water partition coefficient (Wildman–Crippen LogP) is 5.42. The van der Waals surface area contributed by atoms with Gasteiger partial charge in [0.25, 0.3) is 5.78 Å². The van der Waals surface area contributed by atoms with Crippen LogP contribution in [0, 0.1) is 5.82 Å². The van der Waals surface area contributed by atoms with E-state index in [4.69, 9.17) is 11.6 Å². The number of carbonyl (C=O) groups is 2. The van der Waals surface area contributed by atoms with Gasteiger partial charge in [-0.05, 0) is 60.2 Å². The third kappa shape index (κ3) is 3.63. The normalized spacial score (nSPS) is 17.8. The predicted molar refractivity (Wildman–Crippen MR) is 124 cm³/mol. The highest BCUT2D eigenvalue weighted by molar-refractivity contribution is 7.22. The van der Waals surface area contributed by atoms with Crippen molar-refractivity contribution >= 4 is 55.7 Å². The molecular formula is C24H14ClFN2O4S. The van der Waals surface area contributed by atoms with Gasteiger partial charge < -0.3 is 10.2 Å². The molecule has 1 unspecified atom stereocenters. The minimum atomic E-state index is -1.06. The molecule has 1 amide bonds. The number of benzene rings is 3. The van der Waals surface area contributed by atoms with Gasteiger partial charge in [0.1, 0.15) is 17.3 Å². The van der Waals surface area contributed by atoms with Crippen LogP contribution in [0.15, 0.2) is 72.3 Å². The number of fused-ring (bicyclic) bond motifs is 1. The number of rotatable bonds is 3. The number of aromatic nitrogens is 1. The number of halogens is 2. The molecule has 0 bridgehead atoms. The average Bonchev–Trinajstić information content (AvgIpc) is 3.32. The Morgan fingerprint density at radius 3 is 2.55 bits per heavy atom. The molecule has 9 heteroatoms. The van der Waals surface area contributed by atoms with Gasteiger partial charge in [-0.15, -0.1) is 0 Å². The van der Waals surface area contributed by atoms with Crippen LogP contribution in [-0.2, 0) is 9.59 Å². The number of nitrogens with zero attached hydrogens (tertiary/aromatic N) is 2. The minimum absolute atomic E-state index is 0.0732. The summed E-state index contributed by atoms with van der Waals surface area (Å²) in [6, 6.07) is 15.2. The number of thiazole rings is 1. The average molecular weight is 481 g/mol. The van der Waals surface area contributed by atoms with Crippen LogP contribution in [0.1, 0.15) is 17.2 Å². The Bertz CT molecular complexity index is 1470. The molecule has 1 fully saturated rings. The van der Waals surface area contributed by atoms with Gasteiger partial charge in [-0.25, -0.2) is 9.37 Å². The molecular weight excluding hydrogens is 467 g/mol. The standard InChI is InChI=1S/C24H14ClFN2O4S/c25-14-6-4-12(5-7-14)21(30)19-20(13-2-1-3-16(29)10-13)28(23(32)22(19)31)24-27-17-9-8-15(26)11-18(17)33-24/h1-11,20,29-30H. The van der Waals surface area contributed by atoms with Crippen LogP contribution in [0.2, 0.25) is 5.02 Å². The first kappa shape index (κ1) is 21.1. The van der Waals surface area contributed by atoms with Gasteiger partial charge in [0.2, 0.25) is 0 Å². The largest absolute Gasteiger partial charge is 0.508 e. The molecule has 1 aliphatic heterocycles. The van der Waals surface area contributed by atoms with Crippen LogP contribution in [0.4, 0.5) is 9.52 Å². The van der Waals surface area contributed by atoms with Crippen molar-refractivity contribution in [3.8, 4) is 5.75 Å².